The maximum Gasteiger partial charge on any atom is 0.343 e. The highest BCUT2D eigenvalue weighted by Gasteiger charge is 2.12. The first-order chi connectivity index (χ1) is 13.5. The van der Waals surface area contributed by atoms with Gasteiger partial charge in [0, 0.05) is 5.56 Å². The summed E-state index contributed by atoms with van der Waals surface area (Å²) in [6.07, 6.45) is 0. The van der Waals surface area contributed by atoms with Crippen LogP contribution in [0.15, 0.2) is 78.9 Å². The summed E-state index contributed by atoms with van der Waals surface area (Å²) in [4.78, 5) is 35.3. The molecule has 0 amide bonds. The van der Waals surface area contributed by atoms with Crippen LogP contribution in [0.5, 0.6) is 5.75 Å². The van der Waals surface area contributed by atoms with E-state index in [0.717, 1.165) is 5.56 Å². The molecule has 3 rings (SSSR count). The first-order valence-electron chi connectivity index (χ1n) is 8.36. The number of rotatable bonds is 6. The summed E-state index contributed by atoms with van der Waals surface area (Å²) >= 11 is 5.37. The van der Waals surface area contributed by atoms with Crippen molar-refractivity contribution in [2.24, 2.45) is 0 Å². The molecule has 140 valence electrons. The first kappa shape index (κ1) is 19.3. The van der Waals surface area contributed by atoms with Crippen LogP contribution >= 0.6 is 11.6 Å². The van der Waals surface area contributed by atoms with Crippen LogP contribution in [0.25, 0.3) is 0 Å². The molecule has 0 N–H and O–H groups in total. The molecule has 3 aromatic rings. The van der Waals surface area contributed by atoms with E-state index in [1.165, 1.54) is 48.5 Å². The van der Waals surface area contributed by atoms with Crippen molar-refractivity contribution < 1.29 is 23.9 Å². The average Bonchev–Trinajstić information content (AvgIpc) is 2.73. The molecule has 0 aliphatic carbocycles. The Morgan fingerprint density at radius 2 is 1.21 bits per heavy atom. The van der Waals surface area contributed by atoms with Gasteiger partial charge in [-0.15, -0.1) is 0 Å². The maximum atomic E-state index is 12.2. The second kappa shape index (κ2) is 8.97. The molecule has 0 aliphatic heterocycles. The van der Waals surface area contributed by atoms with Crippen LogP contribution < -0.4 is 4.74 Å². The Labute approximate surface area is 166 Å². The third-order valence-electron chi connectivity index (χ3n) is 3.86. The fourth-order valence-corrected chi connectivity index (χ4v) is 2.49. The average molecular weight is 395 g/mol. The van der Waals surface area contributed by atoms with Gasteiger partial charge >= 0.3 is 11.9 Å². The van der Waals surface area contributed by atoms with Gasteiger partial charge in [0.1, 0.15) is 12.4 Å². The maximum absolute atomic E-state index is 12.2. The van der Waals surface area contributed by atoms with Gasteiger partial charge in [0.15, 0.2) is 0 Å². The number of carbonyl (C=O) groups is 3. The molecule has 0 aromatic heterocycles. The van der Waals surface area contributed by atoms with E-state index in [1.807, 2.05) is 30.3 Å². The standard InChI is InChI=1S/C22H15ClO5/c23-20(24)16-10-12-19(13-11-16)28-22(26)18-8-6-17(7-9-18)21(25)27-14-15-4-2-1-3-5-15/h1-13H,14H2. The molecule has 0 heterocycles. The molecule has 0 aliphatic rings. The van der Waals surface area contributed by atoms with Crippen molar-refractivity contribution in [3.8, 4) is 5.75 Å². The molecule has 0 unspecified atom stereocenters. The monoisotopic (exact) mass is 394 g/mol. The fraction of sp³-hybridized carbons (Fsp3) is 0.0455. The molecule has 28 heavy (non-hydrogen) atoms. The summed E-state index contributed by atoms with van der Waals surface area (Å²) in [6, 6.07) is 21.2. The minimum atomic E-state index is -0.590. The zero-order valence-electron chi connectivity index (χ0n) is 14.6. The largest absolute Gasteiger partial charge is 0.457 e. The van der Waals surface area contributed by atoms with Gasteiger partial charge in [0.05, 0.1) is 11.1 Å². The van der Waals surface area contributed by atoms with E-state index in [-0.39, 0.29) is 17.9 Å². The fourth-order valence-electron chi connectivity index (χ4n) is 2.37. The summed E-state index contributed by atoms with van der Waals surface area (Å²) < 4.78 is 10.5. The van der Waals surface area contributed by atoms with E-state index < -0.39 is 17.2 Å². The minimum Gasteiger partial charge on any atom is -0.457 e. The number of esters is 2. The van der Waals surface area contributed by atoms with Gasteiger partial charge in [-0.05, 0) is 65.7 Å². The Bertz CT molecular complexity index is 980. The SMILES string of the molecule is O=C(Cl)c1ccc(OC(=O)c2ccc(C(=O)OCc3ccccc3)cc2)cc1. The first-order valence-corrected chi connectivity index (χ1v) is 8.74. The summed E-state index contributed by atoms with van der Waals surface area (Å²) in [7, 11) is 0. The molecule has 3 aromatic carbocycles. The van der Waals surface area contributed by atoms with Gasteiger partial charge in [0.25, 0.3) is 5.24 Å². The normalized spacial score (nSPS) is 10.2. The highest BCUT2D eigenvalue weighted by atomic mass is 35.5. The molecule has 0 fully saturated rings. The van der Waals surface area contributed by atoms with Crippen LogP contribution in [0.4, 0.5) is 0 Å². The van der Waals surface area contributed by atoms with Crippen molar-refractivity contribution in [1.29, 1.82) is 0 Å². The van der Waals surface area contributed by atoms with Crippen LogP contribution in [-0.2, 0) is 11.3 Å². The van der Waals surface area contributed by atoms with Crippen molar-refractivity contribution in [2.45, 2.75) is 6.61 Å². The van der Waals surface area contributed by atoms with E-state index in [1.54, 1.807) is 0 Å². The Balaban J connectivity index is 1.59. The van der Waals surface area contributed by atoms with Crippen LogP contribution in [-0.4, -0.2) is 17.2 Å². The molecular formula is C22H15ClO5. The minimum absolute atomic E-state index is 0.171. The lowest BCUT2D eigenvalue weighted by Crippen LogP contribution is -2.10. The van der Waals surface area contributed by atoms with Gasteiger partial charge in [-0.2, -0.15) is 0 Å². The van der Waals surface area contributed by atoms with Crippen LogP contribution in [0.3, 0.4) is 0 Å². The lowest BCUT2D eigenvalue weighted by Gasteiger charge is -2.07. The highest BCUT2D eigenvalue weighted by molar-refractivity contribution is 6.67. The smallest absolute Gasteiger partial charge is 0.343 e. The summed E-state index contributed by atoms with van der Waals surface area (Å²) in [5.41, 5.74) is 1.80. The van der Waals surface area contributed by atoms with Crippen LogP contribution in [0.2, 0.25) is 0 Å². The quantitative estimate of drug-likeness (QED) is 0.346. The Morgan fingerprint density at radius 3 is 1.79 bits per heavy atom. The van der Waals surface area contributed by atoms with Crippen molar-refractivity contribution in [2.75, 3.05) is 0 Å². The predicted octanol–water partition coefficient (Wildman–Crippen LogP) is 4.64. The Morgan fingerprint density at radius 1 is 0.679 bits per heavy atom. The molecule has 0 atom stereocenters. The van der Waals surface area contributed by atoms with Crippen molar-refractivity contribution in [1.82, 2.24) is 0 Å². The van der Waals surface area contributed by atoms with Gasteiger partial charge in [-0.25, -0.2) is 9.59 Å². The summed E-state index contributed by atoms with van der Waals surface area (Å²) in [6.45, 7) is 0.171. The molecule has 0 saturated carbocycles. The van der Waals surface area contributed by atoms with Gasteiger partial charge < -0.3 is 9.47 Å². The van der Waals surface area contributed by atoms with Crippen LogP contribution in [0.1, 0.15) is 36.6 Å². The number of hydrogen-bond donors (Lipinski definition) is 0. The third kappa shape index (κ3) is 5.05. The van der Waals surface area contributed by atoms with Crippen molar-refractivity contribution >= 4 is 28.8 Å². The van der Waals surface area contributed by atoms with E-state index in [4.69, 9.17) is 21.1 Å². The highest BCUT2D eigenvalue weighted by Crippen LogP contribution is 2.16. The number of hydrogen-bond acceptors (Lipinski definition) is 5. The molecule has 0 radical (unpaired) electrons. The lowest BCUT2D eigenvalue weighted by atomic mass is 10.1. The van der Waals surface area contributed by atoms with Gasteiger partial charge in [0.2, 0.25) is 0 Å². The summed E-state index contributed by atoms with van der Waals surface area (Å²) in [5.74, 6) is -0.794. The number of carbonyl (C=O) groups excluding carboxylic acids is 3. The zero-order chi connectivity index (χ0) is 19.9. The van der Waals surface area contributed by atoms with Gasteiger partial charge in [-0.3, -0.25) is 4.79 Å². The lowest BCUT2D eigenvalue weighted by molar-refractivity contribution is 0.0472. The topological polar surface area (TPSA) is 69.7 Å². The van der Waals surface area contributed by atoms with Gasteiger partial charge in [-0.1, -0.05) is 30.3 Å². The summed E-state index contributed by atoms with van der Waals surface area (Å²) in [5, 5.41) is -0.590. The molecule has 0 bridgehead atoms. The Hall–Kier alpha value is -3.44. The second-order valence-electron chi connectivity index (χ2n) is 5.83. The molecule has 5 nitrogen and oxygen atoms in total. The number of ether oxygens (including phenoxy) is 2. The van der Waals surface area contributed by atoms with Crippen LogP contribution in [0, 0.1) is 0 Å². The number of benzene rings is 3. The second-order valence-corrected chi connectivity index (χ2v) is 6.17. The molecule has 0 spiro atoms. The van der Waals surface area contributed by atoms with E-state index in [9.17, 15) is 14.4 Å². The number of halogens is 1. The van der Waals surface area contributed by atoms with E-state index >= 15 is 0 Å². The third-order valence-corrected chi connectivity index (χ3v) is 4.08. The van der Waals surface area contributed by atoms with Crippen molar-refractivity contribution in [3.63, 3.8) is 0 Å². The zero-order valence-corrected chi connectivity index (χ0v) is 15.4. The van der Waals surface area contributed by atoms with E-state index in [2.05, 4.69) is 0 Å². The molecule has 0 saturated heterocycles. The molecule has 6 heteroatoms. The predicted molar refractivity (Wildman–Crippen MR) is 104 cm³/mol. The Kier molecular flexibility index (Phi) is 6.19. The van der Waals surface area contributed by atoms with E-state index in [0.29, 0.717) is 11.1 Å². The molecular weight excluding hydrogens is 380 g/mol. The van der Waals surface area contributed by atoms with Crippen molar-refractivity contribution in [3.05, 3.63) is 101 Å².